The number of nitrogens with one attached hydrogen (secondary N) is 2. The summed E-state index contributed by atoms with van der Waals surface area (Å²) in [7, 11) is 0. The fourth-order valence-corrected chi connectivity index (χ4v) is 2.69. The van der Waals surface area contributed by atoms with Gasteiger partial charge in [-0.25, -0.2) is 0 Å². The molecule has 0 aliphatic carbocycles. The van der Waals surface area contributed by atoms with E-state index in [1.165, 1.54) is 0 Å². The van der Waals surface area contributed by atoms with E-state index >= 15 is 0 Å². The molecule has 0 bridgehead atoms. The van der Waals surface area contributed by atoms with Crippen molar-refractivity contribution in [2.45, 2.75) is 31.4 Å². The van der Waals surface area contributed by atoms with Crippen molar-refractivity contribution in [2.24, 2.45) is 0 Å². The molecule has 0 radical (unpaired) electrons. The summed E-state index contributed by atoms with van der Waals surface area (Å²) < 4.78 is 5.41. The molecule has 2 unspecified atom stereocenters. The van der Waals surface area contributed by atoms with Gasteiger partial charge >= 0.3 is 0 Å². The van der Waals surface area contributed by atoms with Crippen molar-refractivity contribution in [3.63, 3.8) is 0 Å². The zero-order valence-corrected chi connectivity index (χ0v) is 13.3. The Balaban J connectivity index is 1.66. The van der Waals surface area contributed by atoms with Crippen LogP contribution in [0.3, 0.4) is 0 Å². The average Bonchev–Trinajstić information content (AvgIpc) is 3.09. The standard InChI is InChI=1S/C19H22N2O2/c1-19(10-2-3-12-20-19)11-9-15-6-4-7-16(14-15)21-18(22)17-8-5-13-23-17/h2-4,6-7,9-12,14,17,20H,5,8,13H2,1H3,(H,21,22). The van der Waals surface area contributed by atoms with Crippen LogP contribution in [0.5, 0.6) is 0 Å². The number of hydrogen-bond acceptors (Lipinski definition) is 3. The second-order valence-corrected chi connectivity index (χ2v) is 6.09. The molecule has 2 N–H and O–H groups in total. The normalized spacial score (nSPS) is 26.4. The highest BCUT2D eigenvalue weighted by Crippen LogP contribution is 2.18. The zero-order valence-electron chi connectivity index (χ0n) is 13.3. The monoisotopic (exact) mass is 310 g/mol. The van der Waals surface area contributed by atoms with Gasteiger partial charge in [0.1, 0.15) is 6.10 Å². The van der Waals surface area contributed by atoms with Crippen LogP contribution in [0, 0.1) is 0 Å². The van der Waals surface area contributed by atoms with Crippen LogP contribution in [-0.2, 0) is 9.53 Å². The summed E-state index contributed by atoms with van der Waals surface area (Å²) in [4.78, 5) is 12.1. The molecule has 3 rings (SSSR count). The first-order valence-corrected chi connectivity index (χ1v) is 7.98. The molecule has 2 atom stereocenters. The molecule has 1 aromatic rings. The van der Waals surface area contributed by atoms with Gasteiger partial charge in [-0.05, 0) is 49.7 Å². The number of carbonyl (C=O) groups excluding carboxylic acids is 1. The molecule has 2 heterocycles. The molecule has 2 aliphatic heterocycles. The molecular weight excluding hydrogens is 288 g/mol. The van der Waals surface area contributed by atoms with E-state index in [0.29, 0.717) is 6.61 Å². The maximum absolute atomic E-state index is 12.1. The van der Waals surface area contributed by atoms with E-state index < -0.39 is 0 Å². The lowest BCUT2D eigenvalue weighted by molar-refractivity contribution is -0.124. The first-order chi connectivity index (χ1) is 11.1. The highest BCUT2D eigenvalue weighted by Gasteiger charge is 2.23. The van der Waals surface area contributed by atoms with E-state index in [2.05, 4.69) is 35.8 Å². The number of ether oxygens (including phenoxy) is 1. The Morgan fingerprint density at radius 1 is 1.43 bits per heavy atom. The molecule has 23 heavy (non-hydrogen) atoms. The molecule has 1 saturated heterocycles. The van der Waals surface area contributed by atoms with E-state index in [9.17, 15) is 4.79 Å². The van der Waals surface area contributed by atoms with E-state index in [-0.39, 0.29) is 17.6 Å². The fourth-order valence-electron chi connectivity index (χ4n) is 2.69. The summed E-state index contributed by atoms with van der Waals surface area (Å²) in [6.07, 6.45) is 13.6. The Bertz CT molecular complexity index is 657. The van der Waals surface area contributed by atoms with E-state index in [4.69, 9.17) is 4.74 Å². The van der Waals surface area contributed by atoms with Gasteiger partial charge in [0.05, 0.1) is 5.54 Å². The van der Waals surface area contributed by atoms with Gasteiger partial charge in [-0.1, -0.05) is 36.4 Å². The van der Waals surface area contributed by atoms with Crippen molar-refractivity contribution < 1.29 is 9.53 Å². The predicted octanol–water partition coefficient (Wildman–Crippen LogP) is 3.25. The highest BCUT2D eigenvalue weighted by atomic mass is 16.5. The zero-order chi connectivity index (χ0) is 16.1. The molecule has 4 heteroatoms. The van der Waals surface area contributed by atoms with Crippen LogP contribution in [0.4, 0.5) is 5.69 Å². The van der Waals surface area contributed by atoms with Crippen molar-refractivity contribution in [3.8, 4) is 0 Å². The number of benzene rings is 1. The smallest absolute Gasteiger partial charge is 0.253 e. The maximum Gasteiger partial charge on any atom is 0.253 e. The summed E-state index contributed by atoms with van der Waals surface area (Å²) in [5, 5.41) is 6.24. The number of allylic oxidation sites excluding steroid dienone is 2. The molecule has 0 saturated carbocycles. The number of hydrogen-bond donors (Lipinski definition) is 2. The fraction of sp³-hybridized carbons (Fsp3) is 0.316. The minimum absolute atomic E-state index is 0.0578. The molecule has 1 fully saturated rings. The average molecular weight is 310 g/mol. The lowest BCUT2D eigenvalue weighted by Crippen LogP contribution is -2.35. The third-order valence-corrected chi connectivity index (χ3v) is 4.04. The maximum atomic E-state index is 12.1. The van der Waals surface area contributed by atoms with Crippen LogP contribution in [0.15, 0.2) is 54.8 Å². The Morgan fingerprint density at radius 3 is 3.09 bits per heavy atom. The van der Waals surface area contributed by atoms with Gasteiger partial charge in [-0.3, -0.25) is 4.79 Å². The molecule has 120 valence electrons. The lowest BCUT2D eigenvalue weighted by atomic mass is 9.98. The van der Waals surface area contributed by atoms with Crippen LogP contribution in [-0.4, -0.2) is 24.2 Å². The van der Waals surface area contributed by atoms with Gasteiger partial charge in [0.15, 0.2) is 0 Å². The molecule has 2 aliphatic rings. The van der Waals surface area contributed by atoms with Crippen molar-refractivity contribution in [1.29, 1.82) is 0 Å². The van der Waals surface area contributed by atoms with Gasteiger partial charge in [0, 0.05) is 12.3 Å². The first-order valence-electron chi connectivity index (χ1n) is 7.98. The quantitative estimate of drug-likeness (QED) is 0.897. The number of anilines is 1. The minimum Gasteiger partial charge on any atom is -0.379 e. The SMILES string of the molecule is CC1(C=Cc2cccc(NC(=O)C3CCCO3)c2)C=CC=CN1. The summed E-state index contributed by atoms with van der Waals surface area (Å²) in [5.41, 5.74) is 1.65. The van der Waals surface area contributed by atoms with Gasteiger partial charge in [-0.15, -0.1) is 0 Å². The van der Waals surface area contributed by atoms with Crippen LogP contribution < -0.4 is 10.6 Å². The topological polar surface area (TPSA) is 50.4 Å². The van der Waals surface area contributed by atoms with Crippen LogP contribution >= 0.6 is 0 Å². The Hall–Kier alpha value is -2.33. The van der Waals surface area contributed by atoms with Crippen molar-refractivity contribution in [2.75, 3.05) is 11.9 Å². The van der Waals surface area contributed by atoms with E-state index in [0.717, 1.165) is 24.1 Å². The Labute approximate surface area is 136 Å². The van der Waals surface area contributed by atoms with E-state index in [1.54, 1.807) is 0 Å². The lowest BCUT2D eigenvalue weighted by Gasteiger charge is -2.24. The van der Waals surface area contributed by atoms with E-state index in [1.807, 2.05) is 42.6 Å². The summed E-state index contributed by atoms with van der Waals surface area (Å²) in [5.74, 6) is -0.0578. The molecule has 1 aromatic carbocycles. The largest absolute Gasteiger partial charge is 0.379 e. The number of carbonyl (C=O) groups is 1. The molecule has 4 nitrogen and oxygen atoms in total. The number of rotatable bonds is 4. The molecular formula is C19H22N2O2. The van der Waals surface area contributed by atoms with Crippen LogP contribution in [0.2, 0.25) is 0 Å². The molecule has 0 spiro atoms. The summed E-state index contributed by atoms with van der Waals surface area (Å²) >= 11 is 0. The van der Waals surface area contributed by atoms with Crippen LogP contribution in [0.25, 0.3) is 6.08 Å². The number of amides is 1. The van der Waals surface area contributed by atoms with Gasteiger partial charge in [0.25, 0.3) is 5.91 Å². The number of dihydropyridines is 1. The first kappa shape index (κ1) is 15.6. The van der Waals surface area contributed by atoms with Crippen LogP contribution in [0.1, 0.15) is 25.3 Å². The second-order valence-electron chi connectivity index (χ2n) is 6.09. The Kier molecular flexibility index (Phi) is 4.63. The third kappa shape index (κ3) is 4.11. The van der Waals surface area contributed by atoms with Gasteiger partial charge in [-0.2, -0.15) is 0 Å². The third-order valence-electron chi connectivity index (χ3n) is 4.04. The minimum atomic E-state index is -0.309. The molecule has 1 amide bonds. The van der Waals surface area contributed by atoms with Crippen molar-refractivity contribution in [1.82, 2.24) is 5.32 Å². The summed E-state index contributed by atoms with van der Waals surface area (Å²) in [6.45, 7) is 2.78. The Morgan fingerprint density at radius 2 is 2.35 bits per heavy atom. The summed E-state index contributed by atoms with van der Waals surface area (Å²) in [6, 6.07) is 7.82. The predicted molar refractivity (Wildman–Crippen MR) is 92.9 cm³/mol. The van der Waals surface area contributed by atoms with Gasteiger partial charge in [0.2, 0.25) is 0 Å². The van der Waals surface area contributed by atoms with Crippen molar-refractivity contribution in [3.05, 3.63) is 60.3 Å². The highest BCUT2D eigenvalue weighted by molar-refractivity contribution is 5.94. The molecule has 0 aromatic heterocycles. The second kappa shape index (κ2) is 6.84. The van der Waals surface area contributed by atoms with Gasteiger partial charge < -0.3 is 15.4 Å². The van der Waals surface area contributed by atoms with Crippen molar-refractivity contribution >= 4 is 17.7 Å².